The molecule has 1 aliphatic rings. The number of carbonyl (C=O) groups is 2. The van der Waals surface area contributed by atoms with Crippen LogP contribution in [0.25, 0.3) is 0 Å². The molecule has 0 saturated carbocycles. The monoisotopic (exact) mass is 382 g/mol. The Labute approximate surface area is 162 Å². The minimum Gasteiger partial charge on any atom is -0.490 e. The number of carbonyl (C=O) groups excluding carboxylic acids is 2. The molecule has 1 aliphatic heterocycles. The van der Waals surface area contributed by atoms with E-state index in [1.165, 1.54) is 11.0 Å². The molecule has 0 spiro atoms. The van der Waals surface area contributed by atoms with E-state index in [0.717, 1.165) is 0 Å². The molecule has 0 N–H and O–H groups in total. The molecule has 2 aromatic rings. The molecule has 6 nitrogen and oxygen atoms in total. The molecule has 28 heavy (non-hydrogen) atoms. The first-order chi connectivity index (χ1) is 13.5. The van der Waals surface area contributed by atoms with Crippen LogP contribution in [-0.4, -0.2) is 31.6 Å². The van der Waals surface area contributed by atoms with Crippen LogP contribution in [0.1, 0.15) is 17.5 Å². The van der Waals surface area contributed by atoms with Gasteiger partial charge in [-0.1, -0.05) is 6.07 Å². The van der Waals surface area contributed by atoms with Gasteiger partial charge in [0.05, 0.1) is 17.6 Å². The lowest BCUT2D eigenvalue weighted by atomic mass is 10.1. The van der Waals surface area contributed by atoms with E-state index >= 15 is 0 Å². The lowest BCUT2D eigenvalue weighted by Crippen LogP contribution is -2.27. The Morgan fingerprint density at radius 1 is 1.25 bits per heavy atom. The van der Waals surface area contributed by atoms with E-state index in [9.17, 15) is 14.0 Å². The molecule has 3 rings (SSSR count). The average molecular weight is 382 g/mol. The summed E-state index contributed by atoms with van der Waals surface area (Å²) in [6.45, 7) is 2.01. The summed E-state index contributed by atoms with van der Waals surface area (Å²) in [7, 11) is 0. The lowest BCUT2D eigenvalue weighted by Gasteiger charge is -2.17. The van der Waals surface area contributed by atoms with E-state index in [2.05, 4.69) is 0 Å². The quantitative estimate of drug-likeness (QED) is 0.567. The van der Waals surface area contributed by atoms with Gasteiger partial charge in [-0.3, -0.25) is 9.59 Å². The largest absolute Gasteiger partial charge is 0.490 e. The van der Waals surface area contributed by atoms with Gasteiger partial charge in [0.25, 0.3) is 0 Å². The smallest absolute Gasteiger partial charge is 0.311 e. The van der Waals surface area contributed by atoms with Crippen LogP contribution in [0, 0.1) is 30.0 Å². The van der Waals surface area contributed by atoms with E-state index in [1.54, 1.807) is 43.3 Å². The molecule has 1 heterocycles. The number of benzene rings is 2. The van der Waals surface area contributed by atoms with Crippen LogP contribution in [0.4, 0.5) is 10.1 Å². The van der Waals surface area contributed by atoms with Crippen LogP contribution >= 0.6 is 0 Å². The summed E-state index contributed by atoms with van der Waals surface area (Å²) in [6.07, 6.45) is 0.0325. The SMILES string of the molecule is Cc1ccc(N2C[C@H](C(=O)OCCOc3ccc(C#N)cc3)CC2=O)cc1F. The zero-order chi connectivity index (χ0) is 20.1. The third kappa shape index (κ3) is 4.46. The van der Waals surface area contributed by atoms with E-state index in [0.29, 0.717) is 22.6 Å². The summed E-state index contributed by atoms with van der Waals surface area (Å²) in [5, 5.41) is 8.75. The van der Waals surface area contributed by atoms with E-state index < -0.39 is 17.7 Å². The van der Waals surface area contributed by atoms with Crippen molar-refractivity contribution >= 4 is 17.6 Å². The summed E-state index contributed by atoms with van der Waals surface area (Å²) < 4.78 is 24.4. The summed E-state index contributed by atoms with van der Waals surface area (Å²) in [4.78, 5) is 25.8. The first kappa shape index (κ1) is 19.4. The van der Waals surface area contributed by atoms with Gasteiger partial charge >= 0.3 is 5.97 Å². The second-order valence-electron chi connectivity index (χ2n) is 6.49. The molecular formula is C21H19FN2O4. The fourth-order valence-corrected chi connectivity index (χ4v) is 2.91. The van der Waals surface area contributed by atoms with Gasteiger partial charge in [0.2, 0.25) is 5.91 Å². The van der Waals surface area contributed by atoms with Crippen molar-refractivity contribution < 1.29 is 23.5 Å². The van der Waals surface area contributed by atoms with Crippen LogP contribution in [0.5, 0.6) is 5.75 Å². The number of rotatable bonds is 6. The number of nitrogens with zero attached hydrogens (tertiary/aromatic N) is 2. The summed E-state index contributed by atoms with van der Waals surface area (Å²) in [6, 6.07) is 13.2. The van der Waals surface area contributed by atoms with Gasteiger partial charge in [-0.05, 0) is 48.9 Å². The zero-order valence-electron chi connectivity index (χ0n) is 15.4. The fraction of sp³-hybridized carbons (Fsp3) is 0.286. The number of amides is 1. The third-order valence-electron chi connectivity index (χ3n) is 4.51. The van der Waals surface area contributed by atoms with Gasteiger partial charge in [-0.25, -0.2) is 4.39 Å². The maximum absolute atomic E-state index is 13.7. The Bertz CT molecular complexity index is 921. The maximum Gasteiger partial charge on any atom is 0.311 e. The first-order valence-corrected chi connectivity index (χ1v) is 8.84. The van der Waals surface area contributed by atoms with Crippen molar-refractivity contribution in [1.29, 1.82) is 5.26 Å². The highest BCUT2D eigenvalue weighted by atomic mass is 19.1. The third-order valence-corrected chi connectivity index (χ3v) is 4.51. The molecule has 7 heteroatoms. The molecule has 2 aromatic carbocycles. The topological polar surface area (TPSA) is 79.6 Å². The van der Waals surface area contributed by atoms with Gasteiger partial charge in [0, 0.05) is 18.7 Å². The molecule has 1 saturated heterocycles. The standard InChI is InChI=1S/C21H19FN2O4/c1-14-2-5-17(11-19(14)22)24-13-16(10-20(24)25)21(26)28-9-8-27-18-6-3-15(12-23)4-7-18/h2-7,11,16H,8-10,13H2,1H3/t16-/m1/s1. The predicted molar refractivity (Wildman–Crippen MR) is 99.2 cm³/mol. The Morgan fingerprint density at radius 2 is 2.00 bits per heavy atom. The minimum atomic E-state index is -0.591. The number of aryl methyl sites for hydroxylation is 1. The average Bonchev–Trinajstić information content (AvgIpc) is 3.09. The van der Waals surface area contributed by atoms with Gasteiger partial charge in [0.15, 0.2) is 0 Å². The van der Waals surface area contributed by atoms with Crippen LogP contribution in [-0.2, 0) is 14.3 Å². The van der Waals surface area contributed by atoms with Crippen molar-refractivity contribution in [2.75, 3.05) is 24.7 Å². The highest BCUT2D eigenvalue weighted by Crippen LogP contribution is 2.27. The van der Waals surface area contributed by atoms with Crippen LogP contribution < -0.4 is 9.64 Å². The van der Waals surface area contributed by atoms with E-state index in [1.807, 2.05) is 6.07 Å². The normalized spacial score (nSPS) is 16.0. The molecule has 144 valence electrons. The molecule has 1 fully saturated rings. The number of halogens is 1. The van der Waals surface area contributed by atoms with Crippen molar-refractivity contribution in [2.24, 2.45) is 5.92 Å². The Hall–Kier alpha value is -3.40. The van der Waals surface area contributed by atoms with Crippen LogP contribution in [0.2, 0.25) is 0 Å². The molecule has 0 radical (unpaired) electrons. The van der Waals surface area contributed by atoms with Gasteiger partial charge in [0.1, 0.15) is 24.8 Å². The zero-order valence-corrected chi connectivity index (χ0v) is 15.4. The van der Waals surface area contributed by atoms with Gasteiger partial charge in [-0.15, -0.1) is 0 Å². The Morgan fingerprint density at radius 3 is 2.68 bits per heavy atom. The van der Waals surface area contributed by atoms with Crippen molar-refractivity contribution in [3.63, 3.8) is 0 Å². The Balaban J connectivity index is 1.47. The van der Waals surface area contributed by atoms with Crippen molar-refractivity contribution in [3.8, 4) is 11.8 Å². The van der Waals surface area contributed by atoms with Gasteiger partial charge < -0.3 is 14.4 Å². The van der Waals surface area contributed by atoms with Gasteiger partial charge in [-0.2, -0.15) is 5.26 Å². The number of esters is 1. The van der Waals surface area contributed by atoms with Crippen molar-refractivity contribution in [3.05, 3.63) is 59.4 Å². The number of hydrogen-bond donors (Lipinski definition) is 0. The fourth-order valence-electron chi connectivity index (χ4n) is 2.91. The molecule has 1 atom stereocenters. The van der Waals surface area contributed by atoms with Crippen LogP contribution in [0.3, 0.4) is 0 Å². The maximum atomic E-state index is 13.7. The van der Waals surface area contributed by atoms with E-state index in [-0.39, 0.29) is 32.1 Å². The number of hydrogen-bond acceptors (Lipinski definition) is 5. The molecular weight excluding hydrogens is 363 g/mol. The molecule has 0 bridgehead atoms. The Kier molecular flexibility index (Phi) is 5.90. The minimum absolute atomic E-state index is 0.0325. The second kappa shape index (κ2) is 8.53. The molecule has 0 aliphatic carbocycles. The number of nitriles is 1. The van der Waals surface area contributed by atoms with E-state index in [4.69, 9.17) is 14.7 Å². The highest BCUT2D eigenvalue weighted by molar-refractivity contribution is 5.99. The summed E-state index contributed by atoms with van der Waals surface area (Å²) >= 11 is 0. The summed E-state index contributed by atoms with van der Waals surface area (Å²) in [5.41, 5.74) is 1.46. The molecule has 0 unspecified atom stereocenters. The predicted octanol–water partition coefficient (Wildman–Crippen LogP) is 2.98. The highest BCUT2D eigenvalue weighted by Gasteiger charge is 2.36. The second-order valence-corrected chi connectivity index (χ2v) is 6.49. The summed E-state index contributed by atoms with van der Waals surface area (Å²) in [5.74, 6) is -1.13. The number of anilines is 1. The van der Waals surface area contributed by atoms with Crippen molar-refractivity contribution in [1.82, 2.24) is 0 Å². The lowest BCUT2D eigenvalue weighted by molar-refractivity contribution is -0.149. The molecule has 0 aromatic heterocycles. The number of ether oxygens (including phenoxy) is 2. The van der Waals surface area contributed by atoms with Crippen molar-refractivity contribution in [2.45, 2.75) is 13.3 Å². The van der Waals surface area contributed by atoms with Crippen LogP contribution in [0.15, 0.2) is 42.5 Å². The first-order valence-electron chi connectivity index (χ1n) is 8.84. The molecule has 1 amide bonds.